The van der Waals surface area contributed by atoms with Crippen molar-refractivity contribution >= 4 is 29.4 Å². The van der Waals surface area contributed by atoms with Gasteiger partial charge in [0.25, 0.3) is 5.91 Å². The van der Waals surface area contributed by atoms with Gasteiger partial charge in [-0.15, -0.1) is 0 Å². The molecule has 3 fully saturated rings. The summed E-state index contributed by atoms with van der Waals surface area (Å²) in [5.74, 6) is -2.05. The van der Waals surface area contributed by atoms with Crippen molar-refractivity contribution in [2.45, 2.75) is 95.7 Å². The Morgan fingerprint density at radius 1 is 1.03 bits per heavy atom. The molecule has 3 rings (SSSR count). The third-order valence-electron chi connectivity index (χ3n) is 7.20. The van der Waals surface area contributed by atoms with Gasteiger partial charge in [-0.3, -0.25) is 19.2 Å². The van der Waals surface area contributed by atoms with E-state index in [0.717, 1.165) is 32.1 Å². The van der Waals surface area contributed by atoms with Crippen LogP contribution in [0.2, 0.25) is 0 Å². The maximum Gasteiger partial charge on any atom is 0.318 e. The second-order valence-corrected chi connectivity index (χ2v) is 10.4. The third kappa shape index (κ3) is 7.25. The van der Waals surface area contributed by atoms with Crippen LogP contribution in [0, 0.1) is 5.92 Å². The minimum Gasteiger partial charge on any atom is -0.378 e. The van der Waals surface area contributed by atoms with E-state index in [1.165, 1.54) is 0 Å². The first-order chi connectivity index (χ1) is 16.7. The molecule has 0 bridgehead atoms. The lowest BCUT2D eigenvalue weighted by atomic mass is 9.80. The van der Waals surface area contributed by atoms with Gasteiger partial charge in [0.05, 0.1) is 25.3 Å². The highest BCUT2D eigenvalue weighted by molar-refractivity contribution is 6.38. The fourth-order valence-corrected chi connectivity index (χ4v) is 5.14. The summed E-state index contributed by atoms with van der Waals surface area (Å²) in [5.41, 5.74) is -1.13. The van der Waals surface area contributed by atoms with Gasteiger partial charge in [0, 0.05) is 19.5 Å². The molecule has 1 saturated heterocycles. The first-order valence-electron chi connectivity index (χ1n) is 13.0. The highest BCUT2D eigenvalue weighted by Gasteiger charge is 2.44. The lowest BCUT2D eigenvalue weighted by molar-refractivity contribution is -0.142. The van der Waals surface area contributed by atoms with E-state index in [2.05, 4.69) is 16.0 Å². The number of nitrogens with one attached hydrogen (secondary N) is 3. The summed E-state index contributed by atoms with van der Waals surface area (Å²) in [6.07, 6.45) is 6.30. The monoisotopic (exact) mass is 492 g/mol. The van der Waals surface area contributed by atoms with Gasteiger partial charge in [0.1, 0.15) is 5.54 Å². The van der Waals surface area contributed by atoms with Gasteiger partial charge in [-0.1, -0.05) is 39.5 Å². The second kappa shape index (κ2) is 12.5. The van der Waals surface area contributed by atoms with E-state index >= 15 is 0 Å². The lowest BCUT2D eigenvalue weighted by Gasteiger charge is -2.39. The average Bonchev–Trinajstić information content (AvgIpc) is 2.85. The van der Waals surface area contributed by atoms with Crippen LogP contribution in [0.4, 0.5) is 4.79 Å². The summed E-state index contributed by atoms with van der Waals surface area (Å²) in [4.78, 5) is 66.1. The molecule has 10 heteroatoms. The summed E-state index contributed by atoms with van der Waals surface area (Å²) in [5, 5.41) is 8.35. The first-order valence-corrected chi connectivity index (χ1v) is 13.0. The molecule has 10 nitrogen and oxygen atoms in total. The summed E-state index contributed by atoms with van der Waals surface area (Å²) in [6, 6.07) is -1.99. The number of nitrogens with zero attached hydrogens (tertiary/aromatic N) is 1. The SMILES string of the molecule is CC(C)C[C@H](NC(=O)C1(NC(=O)N2CCOCC2)CCCCC1)C(=O)C(=O)NC1CCCCC1=O. The zero-order valence-corrected chi connectivity index (χ0v) is 21.0. The van der Waals surface area contributed by atoms with Gasteiger partial charge in [0.2, 0.25) is 11.7 Å². The molecule has 196 valence electrons. The van der Waals surface area contributed by atoms with Gasteiger partial charge >= 0.3 is 6.03 Å². The maximum atomic E-state index is 13.6. The first kappa shape index (κ1) is 27.1. The third-order valence-corrected chi connectivity index (χ3v) is 7.20. The number of amides is 4. The predicted octanol–water partition coefficient (Wildman–Crippen LogP) is 1.46. The van der Waals surface area contributed by atoms with Crippen molar-refractivity contribution in [3.05, 3.63) is 0 Å². The van der Waals surface area contributed by atoms with Crippen molar-refractivity contribution in [1.82, 2.24) is 20.9 Å². The number of morpholine rings is 1. The topological polar surface area (TPSA) is 134 Å². The largest absolute Gasteiger partial charge is 0.378 e. The molecule has 35 heavy (non-hydrogen) atoms. The molecule has 4 amide bonds. The maximum absolute atomic E-state index is 13.6. The number of ether oxygens (including phenoxy) is 1. The van der Waals surface area contributed by atoms with E-state index in [4.69, 9.17) is 4.74 Å². The molecule has 0 aromatic rings. The number of hydrogen-bond donors (Lipinski definition) is 3. The minimum atomic E-state index is -1.13. The predicted molar refractivity (Wildman–Crippen MR) is 129 cm³/mol. The van der Waals surface area contributed by atoms with Crippen LogP contribution in [0.3, 0.4) is 0 Å². The number of ketones is 2. The van der Waals surface area contributed by atoms with Crippen LogP contribution in [-0.4, -0.2) is 78.2 Å². The van der Waals surface area contributed by atoms with Crippen LogP contribution >= 0.6 is 0 Å². The highest BCUT2D eigenvalue weighted by Crippen LogP contribution is 2.29. The zero-order valence-electron chi connectivity index (χ0n) is 21.0. The zero-order chi connectivity index (χ0) is 25.4. The summed E-state index contributed by atoms with van der Waals surface area (Å²) < 4.78 is 5.31. The van der Waals surface area contributed by atoms with Crippen molar-refractivity contribution in [3.63, 3.8) is 0 Å². The van der Waals surface area contributed by atoms with Crippen molar-refractivity contribution < 1.29 is 28.7 Å². The average molecular weight is 493 g/mol. The van der Waals surface area contributed by atoms with Gasteiger partial charge in [-0.05, 0) is 38.0 Å². The number of Topliss-reactive ketones (excluding diaryl/α,β-unsaturated/α-hetero) is 2. The van der Waals surface area contributed by atoms with Gasteiger partial charge in [-0.2, -0.15) is 0 Å². The number of urea groups is 1. The number of rotatable bonds is 8. The molecule has 1 unspecified atom stereocenters. The Morgan fingerprint density at radius 3 is 2.34 bits per heavy atom. The Labute approximate surface area is 207 Å². The lowest BCUT2D eigenvalue weighted by Crippen LogP contribution is -2.65. The Morgan fingerprint density at radius 2 is 1.71 bits per heavy atom. The number of hydrogen-bond acceptors (Lipinski definition) is 6. The molecule has 1 aliphatic heterocycles. The molecule has 0 radical (unpaired) electrons. The Hall–Kier alpha value is -2.49. The molecule has 1 heterocycles. The van der Waals surface area contributed by atoms with E-state index < -0.39 is 35.2 Å². The molecular weight excluding hydrogens is 452 g/mol. The Bertz CT molecular complexity index is 802. The van der Waals surface area contributed by atoms with Gasteiger partial charge in [-0.25, -0.2) is 4.79 Å². The second-order valence-electron chi connectivity index (χ2n) is 10.4. The molecule has 2 aliphatic carbocycles. The van der Waals surface area contributed by atoms with E-state index in [0.29, 0.717) is 52.0 Å². The molecule has 3 aliphatic rings. The van der Waals surface area contributed by atoms with Gasteiger partial charge < -0.3 is 25.6 Å². The molecule has 0 aromatic heterocycles. The minimum absolute atomic E-state index is 0.0404. The molecule has 0 spiro atoms. The summed E-state index contributed by atoms with van der Waals surface area (Å²) in [7, 11) is 0. The van der Waals surface area contributed by atoms with Crippen LogP contribution < -0.4 is 16.0 Å². The Balaban J connectivity index is 1.71. The van der Waals surface area contributed by atoms with Crippen molar-refractivity contribution in [2.24, 2.45) is 5.92 Å². The molecular formula is C25H40N4O6. The van der Waals surface area contributed by atoms with Crippen LogP contribution in [-0.2, 0) is 23.9 Å². The van der Waals surface area contributed by atoms with Crippen molar-refractivity contribution in [3.8, 4) is 0 Å². The number of carbonyl (C=O) groups excluding carboxylic acids is 5. The summed E-state index contributed by atoms with van der Waals surface area (Å²) >= 11 is 0. The standard InChI is InChI=1S/C25H40N4O6/c1-17(2)16-19(21(31)22(32)26-18-8-4-5-9-20(18)30)27-23(33)25(10-6-3-7-11-25)28-24(34)29-12-14-35-15-13-29/h17-19H,3-16H2,1-2H3,(H,26,32)(H,27,33)(H,28,34)/t18?,19-/m0/s1. The fraction of sp³-hybridized carbons (Fsp3) is 0.800. The van der Waals surface area contributed by atoms with Crippen molar-refractivity contribution in [2.75, 3.05) is 26.3 Å². The van der Waals surface area contributed by atoms with Crippen LogP contribution in [0.15, 0.2) is 0 Å². The molecule has 3 N–H and O–H groups in total. The molecule has 0 aromatic carbocycles. The Kier molecular flexibility index (Phi) is 9.65. The molecule has 2 saturated carbocycles. The van der Waals surface area contributed by atoms with E-state index in [1.54, 1.807) is 4.90 Å². The highest BCUT2D eigenvalue weighted by atomic mass is 16.5. The summed E-state index contributed by atoms with van der Waals surface area (Å²) in [6.45, 7) is 5.64. The quantitative estimate of drug-likeness (QED) is 0.439. The number of carbonyl (C=O) groups is 5. The van der Waals surface area contributed by atoms with Crippen LogP contribution in [0.25, 0.3) is 0 Å². The van der Waals surface area contributed by atoms with Crippen LogP contribution in [0.1, 0.15) is 78.1 Å². The van der Waals surface area contributed by atoms with E-state index in [-0.39, 0.29) is 24.2 Å². The van der Waals surface area contributed by atoms with E-state index in [9.17, 15) is 24.0 Å². The fourth-order valence-electron chi connectivity index (χ4n) is 5.14. The van der Waals surface area contributed by atoms with Gasteiger partial charge in [0.15, 0.2) is 5.78 Å². The smallest absolute Gasteiger partial charge is 0.318 e. The molecule has 2 atom stereocenters. The normalized spacial score (nSPS) is 23.3. The van der Waals surface area contributed by atoms with Crippen LogP contribution in [0.5, 0.6) is 0 Å². The van der Waals surface area contributed by atoms with E-state index in [1.807, 2.05) is 13.8 Å². The van der Waals surface area contributed by atoms with Crippen molar-refractivity contribution in [1.29, 1.82) is 0 Å².